The molecular formula is C13H26ClN3O2. The van der Waals surface area contributed by atoms with Gasteiger partial charge in [-0.15, -0.1) is 12.4 Å². The highest BCUT2D eigenvalue weighted by molar-refractivity contribution is 5.85. The van der Waals surface area contributed by atoms with Crippen molar-refractivity contribution in [1.29, 1.82) is 0 Å². The van der Waals surface area contributed by atoms with Gasteiger partial charge in [0.25, 0.3) is 0 Å². The molecule has 6 heteroatoms. The number of ether oxygens (including phenoxy) is 1. The summed E-state index contributed by atoms with van der Waals surface area (Å²) in [5.41, 5.74) is 0. The molecule has 1 N–H and O–H groups in total. The number of hydrogen-bond donors (Lipinski definition) is 1. The average molecular weight is 292 g/mol. The van der Waals surface area contributed by atoms with Crippen molar-refractivity contribution < 1.29 is 9.53 Å². The number of morpholine rings is 1. The Bertz CT molecular complexity index is 265. The van der Waals surface area contributed by atoms with E-state index in [0.29, 0.717) is 13.2 Å². The summed E-state index contributed by atoms with van der Waals surface area (Å²) in [6, 6.07) is 0.213. The zero-order valence-corrected chi connectivity index (χ0v) is 12.6. The second kappa shape index (κ2) is 8.61. The van der Waals surface area contributed by atoms with Crippen LogP contribution < -0.4 is 5.32 Å². The molecule has 2 amide bonds. The van der Waals surface area contributed by atoms with E-state index >= 15 is 0 Å². The van der Waals surface area contributed by atoms with Crippen LogP contribution in [0.25, 0.3) is 0 Å². The molecule has 0 aromatic carbocycles. The van der Waals surface area contributed by atoms with Crippen LogP contribution >= 0.6 is 12.4 Å². The molecule has 2 aliphatic rings. The second-order valence-electron chi connectivity index (χ2n) is 5.20. The van der Waals surface area contributed by atoms with E-state index in [4.69, 9.17) is 4.74 Å². The molecule has 2 fully saturated rings. The maximum atomic E-state index is 12.3. The maximum Gasteiger partial charge on any atom is 0.320 e. The Balaban J connectivity index is 0.00000180. The number of nitrogens with zero attached hydrogens (tertiary/aromatic N) is 2. The number of hydrogen-bond acceptors (Lipinski definition) is 3. The Morgan fingerprint density at radius 3 is 2.32 bits per heavy atom. The predicted molar refractivity (Wildman–Crippen MR) is 77.9 cm³/mol. The minimum atomic E-state index is 0. The Hall–Kier alpha value is -0.520. The fourth-order valence-electron chi connectivity index (χ4n) is 2.72. The molecule has 0 saturated carbocycles. The third-order valence-corrected chi connectivity index (χ3v) is 3.97. The van der Waals surface area contributed by atoms with Crippen LogP contribution in [0.2, 0.25) is 0 Å². The van der Waals surface area contributed by atoms with Gasteiger partial charge in [0.1, 0.15) is 0 Å². The molecule has 0 spiro atoms. The van der Waals surface area contributed by atoms with E-state index in [-0.39, 0.29) is 18.4 Å². The minimum Gasteiger partial charge on any atom is -0.378 e. The van der Waals surface area contributed by atoms with Gasteiger partial charge in [-0.3, -0.25) is 0 Å². The third-order valence-electron chi connectivity index (χ3n) is 3.97. The maximum absolute atomic E-state index is 12.3. The number of piperidine rings is 1. The van der Waals surface area contributed by atoms with Gasteiger partial charge in [0.15, 0.2) is 0 Å². The molecule has 5 nitrogen and oxygen atoms in total. The fraction of sp³-hybridized carbons (Fsp3) is 0.923. The van der Waals surface area contributed by atoms with Crippen LogP contribution in [-0.2, 0) is 4.74 Å². The molecule has 0 aromatic rings. The minimum absolute atomic E-state index is 0. The highest BCUT2D eigenvalue weighted by atomic mass is 35.5. The molecule has 2 heterocycles. The summed E-state index contributed by atoms with van der Waals surface area (Å²) in [6.07, 6.45) is 3.53. The molecule has 112 valence electrons. The van der Waals surface area contributed by atoms with Gasteiger partial charge in [0.2, 0.25) is 0 Å². The van der Waals surface area contributed by atoms with E-state index in [1.54, 1.807) is 0 Å². The van der Waals surface area contributed by atoms with Crippen LogP contribution in [0.15, 0.2) is 0 Å². The normalized spacial score (nSPS) is 21.1. The van der Waals surface area contributed by atoms with Crippen LogP contribution in [0.5, 0.6) is 0 Å². The first-order valence-corrected chi connectivity index (χ1v) is 7.07. The van der Waals surface area contributed by atoms with Gasteiger partial charge in [0.05, 0.1) is 13.2 Å². The lowest BCUT2D eigenvalue weighted by Crippen LogP contribution is -2.50. The van der Waals surface area contributed by atoms with E-state index in [1.165, 1.54) is 6.42 Å². The van der Waals surface area contributed by atoms with Gasteiger partial charge in [-0.2, -0.15) is 0 Å². The summed E-state index contributed by atoms with van der Waals surface area (Å²) >= 11 is 0. The highest BCUT2D eigenvalue weighted by Gasteiger charge is 2.26. The van der Waals surface area contributed by atoms with E-state index in [2.05, 4.69) is 5.32 Å². The Morgan fingerprint density at radius 2 is 1.74 bits per heavy atom. The second-order valence-corrected chi connectivity index (χ2v) is 5.20. The van der Waals surface area contributed by atoms with Crippen molar-refractivity contribution in [3.63, 3.8) is 0 Å². The molecule has 0 atom stereocenters. The summed E-state index contributed by atoms with van der Waals surface area (Å²) < 4.78 is 5.28. The number of rotatable bonds is 3. The SMILES string of the molecule is CNCCC1CCN(C(=O)N2CCOCC2)CC1.Cl. The van der Waals surface area contributed by atoms with Gasteiger partial charge in [-0.1, -0.05) is 0 Å². The smallest absolute Gasteiger partial charge is 0.320 e. The Kier molecular flexibility index (Phi) is 7.49. The molecule has 19 heavy (non-hydrogen) atoms. The topological polar surface area (TPSA) is 44.8 Å². The first-order valence-electron chi connectivity index (χ1n) is 7.07. The molecular weight excluding hydrogens is 266 g/mol. The number of likely N-dealkylation sites (tertiary alicyclic amines) is 1. The van der Waals surface area contributed by atoms with Crippen molar-refractivity contribution in [2.24, 2.45) is 5.92 Å². The zero-order valence-electron chi connectivity index (χ0n) is 11.8. The molecule has 0 aromatic heterocycles. The predicted octanol–water partition coefficient (Wildman–Crippen LogP) is 1.18. The molecule has 2 saturated heterocycles. The third kappa shape index (κ3) is 4.82. The van der Waals surface area contributed by atoms with Crippen molar-refractivity contribution in [2.75, 3.05) is 53.0 Å². The summed E-state index contributed by atoms with van der Waals surface area (Å²) in [4.78, 5) is 16.2. The van der Waals surface area contributed by atoms with Crippen LogP contribution in [0.4, 0.5) is 4.79 Å². The van der Waals surface area contributed by atoms with Crippen molar-refractivity contribution in [1.82, 2.24) is 15.1 Å². The van der Waals surface area contributed by atoms with Crippen molar-refractivity contribution >= 4 is 18.4 Å². The van der Waals surface area contributed by atoms with Gasteiger partial charge in [0, 0.05) is 26.2 Å². The lowest BCUT2D eigenvalue weighted by molar-refractivity contribution is 0.0399. The summed E-state index contributed by atoms with van der Waals surface area (Å²) in [7, 11) is 2.00. The number of urea groups is 1. The van der Waals surface area contributed by atoms with Gasteiger partial charge < -0.3 is 19.9 Å². The Labute approximate surface area is 122 Å². The first kappa shape index (κ1) is 16.5. The van der Waals surface area contributed by atoms with Crippen molar-refractivity contribution in [3.05, 3.63) is 0 Å². The van der Waals surface area contributed by atoms with E-state index in [0.717, 1.165) is 51.5 Å². The van der Waals surface area contributed by atoms with Gasteiger partial charge in [-0.25, -0.2) is 4.79 Å². The zero-order chi connectivity index (χ0) is 12.8. The number of nitrogens with one attached hydrogen (secondary N) is 1. The molecule has 0 unspecified atom stereocenters. The van der Waals surface area contributed by atoms with Crippen LogP contribution in [0.1, 0.15) is 19.3 Å². The Morgan fingerprint density at radius 1 is 1.16 bits per heavy atom. The summed E-state index contributed by atoms with van der Waals surface area (Å²) in [5, 5.41) is 3.20. The number of halogens is 1. The number of amides is 2. The van der Waals surface area contributed by atoms with E-state index in [1.807, 2.05) is 16.8 Å². The quantitative estimate of drug-likeness (QED) is 0.849. The molecule has 0 aliphatic carbocycles. The molecule has 0 radical (unpaired) electrons. The lowest BCUT2D eigenvalue weighted by atomic mass is 9.94. The lowest BCUT2D eigenvalue weighted by Gasteiger charge is -2.37. The van der Waals surface area contributed by atoms with Crippen molar-refractivity contribution in [2.45, 2.75) is 19.3 Å². The van der Waals surface area contributed by atoms with E-state index in [9.17, 15) is 4.79 Å². The van der Waals surface area contributed by atoms with Gasteiger partial charge >= 0.3 is 6.03 Å². The fourth-order valence-corrected chi connectivity index (χ4v) is 2.72. The summed E-state index contributed by atoms with van der Waals surface area (Å²) in [5.74, 6) is 0.784. The monoisotopic (exact) mass is 291 g/mol. The first-order chi connectivity index (χ1) is 8.81. The van der Waals surface area contributed by atoms with Crippen molar-refractivity contribution in [3.8, 4) is 0 Å². The van der Waals surface area contributed by atoms with Crippen LogP contribution in [-0.4, -0.2) is 68.8 Å². The molecule has 0 bridgehead atoms. The van der Waals surface area contributed by atoms with E-state index < -0.39 is 0 Å². The van der Waals surface area contributed by atoms with Crippen LogP contribution in [0.3, 0.4) is 0 Å². The highest BCUT2D eigenvalue weighted by Crippen LogP contribution is 2.21. The largest absolute Gasteiger partial charge is 0.378 e. The standard InChI is InChI=1S/C13H25N3O2.ClH/c1-14-5-2-12-3-6-15(7-4-12)13(17)16-8-10-18-11-9-16;/h12,14H,2-11H2,1H3;1H. The van der Waals surface area contributed by atoms with Crippen LogP contribution in [0, 0.1) is 5.92 Å². The molecule has 2 rings (SSSR count). The average Bonchev–Trinajstić information content (AvgIpc) is 2.46. The molecule has 2 aliphatic heterocycles. The van der Waals surface area contributed by atoms with Gasteiger partial charge in [-0.05, 0) is 38.8 Å². The summed E-state index contributed by atoms with van der Waals surface area (Å²) in [6.45, 7) is 5.79. The number of carbonyl (C=O) groups excluding carboxylic acids is 1. The number of carbonyl (C=O) groups is 1.